The lowest BCUT2D eigenvalue weighted by Crippen LogP contribution is -2.61. The van der Waals surface area contributed by atoms with E-state index in [-0.39, 0.29) is 50.6 Å². The van der Waals surface area contributed by atoms with Crippen LogP contribution < -0.4 is 9.47 Å². The van der Waals surface area contributed by atoms with Gasteiger partial charge in [0.1, 0.15) is 46.7 Å². The van der Waals surface area contributed by atoms with Gasteiger partial charge < -0.3 is 92.5 Å². The maximum atomic E-state index is 14.3. The van der Waals surface area contributed by atoms with Gasteiger partial charge in [-0.15, -0.1) is 0 Å². The molecule has 0 spiro atoms. The first-order chi connectivity index (χ1) is 42.7. The number of aliphatic hydroxyl groups excluding tert-OH is 3. The lowest BCUT2D eigenvalue weighted by molar-refractivity contribution is -0.317. The van der Waals surface area contributed by atoms with Crippen LogP contribution >= 0.6 is 0 Å². The van der Waals surface area contributed by atoms with E-state index >= 15 is 0 Å². The van der Waals surface area contributed by atoms with Crippen LogP contribution in [0, 0.1) is 23.7 Å². The van der Waals surface area contributed by atoms with Gasteiger partial charge in [-0.05, 0) is 124 Å². The molecule has 3 aromatic rings. The Bertz CT molecular complexity index is 2550. The van der Waals surface area contributed by atoms with Gasteiger partial charge in [0.2, 0.25) is 6.79 Å². The van der Waals surface area contributed by atoms with Crippen molar-refractivity contribution >= 4 is 22.6 Å². The van der Waals surface area contributed by atoms with Crippen LogP contribution in [0.3, 0.4) is 0 Å². The minimum atomic E-state index is -1.97. The van der Waals surface area contributed by atoms with Gasteiger partial charge in [-0.1, -0.05) is 64.4 Å². The minimum absolute atomic E-state index is 0.0307. The number of oxime groups is 1. The number of ether oxygens (including phenoxy) is 11. The number of methoxy groups -OCH3 is 2. The van der Waals surface area contributed by atoms with Crippen molar-refractivity contribution in [2.45, 2.75) is 205 Å². The third-order valence-corrected chi connectivity index (χ3v) is 17.8. The molecular weight excluding hydrogens is 1160 g/mol. The molecule has 90 heavy (non-hydrogen) atoms. The van der Waals surface area contributed by atoms with Crippen LogP contribution in [0.15, 0.2) is 65.9 Å². The fraction of sp³-hybridized carbons (Fsp3) is 0.746. The number of cyclic esters (lactones) is 1. The number of para-hydroxylation sites is 1. The fourth-order valence-corrected chi connectivity index (χ4v) is 12.3. The SMILES string of the molecule is CCCCOc1ccc(OCCCN2CCOCC2)cc1.CC[C@H]1OC(=O)[C@H](C)[C@@H](O[C@H]2C[C@@](C)(OC)[C@@H](O)[C@H](C)O2)[C@H](C)[C@@H](O[C@@H]2O[C@H](C)C[C@H](N(C)C)[C@H]2O)[C@](C)(O)C[C@@H](C)/C(=N\OCOCCOC)[C@H](C)[C@@H](O)[C@]1(C)O.Oc1cccc2cccnc12. The minimum Gasteiger partial charge on any atom is -0.506 e. The first kappa shape index (κ1) is 76.3. The second-order valence-corrected chi connectivity index (χ2v) is 25.4. The summed E-state index contributed by atoms with van der Waals surface area (Å²) in [7, 11) is 6.76. The van der Waals surface area contributed by atoms with Gasteiger partial charge in [-0.25, -0.2) is 0 Å². The average Bonchev–Trinajstić information content (AvgIpc) is 0.824. The summed E-state index contributed by atoms with van der Waals surface area (Å²) in [6, 6.07) is 16.7. The number of likely N-dealkylation sites (N-methyl/N-ethyl adjacent to an activating group) is 1. The number of benzene rings is 2. The van der Waals surface area contributed by atoms with Crippen LogP contribution in [0.4, 0.5) is 0 Å². The van der Waals surface area contributed by atoms with E-state index in [9.17, 15) is 35.4 Å². The number of hydrogen-bond acceptors (Lipinski definition) is 23. The van der Waals surface area contributed by atoms with Crippen molar-refractivity contribution in [2.75, 3.05) is 94.4 Å². The van der Waals surface area contributed by atoms with Gasteiger partial charge in [0.05, 0.1) is 93.0 Å². The third-order valence-electron chi connectivity index (χ3n) is 17.8. The van der Waals surface area contributed by atoms with Gasteiger partial charge in [0, 0.05) is 75.7 Å². The molecule has 4 saturated heterocycles. The van der Waals surface area contributed by atoms with Crippen molar-refractivity contribution in [1.82, 2.24) is 14.8 Å². The van der Waals surface area contributed by atoms with Crippen LogP contribution in [0.2, 0.25) is 0 Å². The van der Waals surface area contributed by atoms with E-state index in [1.54, 1.807) is 73.9 Å². The number of pyridine rings is 1. The molecular formula is C67H110N4O19. The lowest BCUT2D eigenvalue weighted by atomic mass is 9.73. The molecule has 1 aromatic heterocycles. The van der Waals surface area contributed by atoms with E-state index in [1.165, 1.54) is 14.0 Å². The summed E-state index contributed by atoms with van der Waals surface area (Å²) in [5.74, 6) is -2.06. The van der Waals surface area contributed by atoms with Crippen molar-refractivity contribution < 1.29 is 92.4 Å². The second kappa shape index (κ2) is 36.9. The number of unbranched alkanes of at least 4 members (excludes halogenated alkanes) is 1. The zero-order valence-corrected chi connectivity index (χ0v) is 56.2. The Morgan fingerprint density at radius 2 is 1.46 bits per heavy atom. The zero-order chi connectivity index (χ0) is 66.3. The van der Waals surface area contributed by atoms with E-state index in [1.807, 2.05) is 75.3 Å². The van der Waals surface area contributed by atoms with Crippen molar-refractivity contribution in [2.24, 2.45) is 28.8 Å². The van der Waals surface area contributed by atoms with E-state index in [0.717, 1.165) is 82.2 Å². The summed E-state index contributed by atoms with van der Waals surface area (Å²) < 4.78 is 64.9. The van der Waals surface area contributed by atoms with Crippen molar-refractivity contribution in [3.05, 3.63) is 60.8 Å². The molecule has 0 radical (unpaired) electrons. The molecule has 2 aromatic carbocycles. The smallest absolute Gasteiger partial charge is 0.311 e. The zero-order valence-electron chi connectivity index (χ0n) is 56.2. The number of aromatic hydroxyl groups is 1. The van der Waals surface area contributed by atoms with E-state index in [4.69, 9.17) is 56.9 Å². The topological polar surface area (TPSA) is 281 Å². The summed E-state index contributed by atoms with van der Waals surface area (Å²) in [5.41, 5.74) is -3.83. The van der Waals surface area contributed by atoms with E-state index < -0.39 is 102 Å². The summed E-state index contributed by atoms with van der Waals surface area (Å²) in [4.78, 5) is 28.3. The monoisotopic (exact) mass is 1270 g/mol. The van der Waals surface area contributed by atoms with Crippen molar-refractivity contribution in [1.29, 1.82) is 0 Å². The van der Waals surface area contributed by atoms with Crippen molar-refractivity contribution in [3.8, 4) is 17.2 Å². The molecule has 512 valence electrons. The Morgan fingerprint density at radius 1 is 0.800 bits per heavy atom. The number of phenols is 1. The summed E-state index contributed by atoms with van der Waals surface area (Å²) in [6.07, 6.45) is -4.52. The predicted octanol–water partition coefficient (Wildman–Crippen LogP) is 7.12. The molecule has 4 aliphatic heterocycles. The number of fused-ring (bicyclic) bond motifs is 1. The number of morpholine rings is 1. The fourth-order valence-electron chi connectivity index (χ4n) is 12.3. The number of aliphatic hydroxyl groups is 5. The molecule has 0 amide bonds. The Labute approximate surface area is 534 Å². The Morgan fingerprint density at radius 3 is 2.07 bits per heavy atom. The highest BCUT2D eigenvalue weighted by molar-refractivity contribution is 5.89. The number of phenolic OH excluding ortho intramolecular Hbond substituents is 1. The molecule has 4 fully saturated rings. The predicted molar refractivity (Wildman–Crippen MR) is 340 cm³/mol. The molecule has 23 heteroatoms. The molecule has 23 nitrogen and oxygen atoms in total. The third kappa shape index (κ3) is 21.8. The summed E-state index contributed by atoms with van der Waals surface area (Å²) in [5, 5.41) is 73.8. The van der Waals surface area contributed by atoms with Gasteiger partial charge in [-0.3, -0.25) is 14.7 Å². The van der Waals surface area contributed by atoms with E-state index in [0.29, 0.717) is 24.3 Å². The van der Waals surface area contributed by atoms with E-state index in [2.05, 4.69) is 22.0 Å². The standard InChI is InChI=1S/C41H76N2O15.C17H27NO3.C9H7NO/c1-15-29-41(10,49)34(45)24(4)31(42-53-21-52-17-16-50-13)22(2)19-39(8,48)36(58-38-32(44)28(43(11)12)18-23(3)54-38)25(5)33(26(6)37(47)56-29)57-30-20-40(9,51-14)35(46)27(7)55-30;1-2-3-12-20-16-5-7-17(8-6-16)21-13-4-9-18-10-14-19-15-11-18;11-8-5-1-3-7-4-2-6-10-9(7)8/h22-30,32-36,38,44-46,48-49H,15-21H2,1-14H3;5-8H,2-4,9-15H2,1H3;1-6,11H/b42-31+;;/t22-,23-,24+,25+,26-,27+,28+,29-,30+,32-,33+,34-,35+,36-,38+,39-,40-,41-;;/m1../s1. The Kier molecular flexibility index (Phi) is 31.3. The van der Waals surface area contributed by atoms with Crippen LogP contribution in [0.5, 0.6) is 17.2 Å². The number of rotatable bonds is 22. The number of aromatic nitrogens is 1. The molecule has 4 aliphatic rings. The number of carbonyl (C=O) groups excluding carboxylic acids is 1. The Hall–Kier alpha value is -4.41. The number of carbonyl (C=O) groups is 1. The highest BCUT2D eigenvalue weighted by atomic mass is 16.7. The molecule has 0 aliphatic carbocycles. The molecule has 7 rings (SSSR count). The first-order valence-electron chi connectivity index (χ1n) is 32.2. The summed E-state index contributed by atoms with van der Waals surface area (Å²) in [6.45, 7) is 25.9. The highest BCUT2D eigenvalue weighted by Crippen LogP contribution is 2.41. The van der Waals surface area contributed by atoms with Gasteiger partial charge in [0.25, 0.3) is 0 Å². The molecule has 6 N–H and O–H groups in total. The maximum Gasteiger partial charge on any atom is 0.311 e. The van der Waals surface area contributed by atoms with Crippen LogP contribution in [-0.4, -0.2) is 236 Å². The summed E-state index contributed by atoms with van der Waals surface area (Å²) >= 11 is 0. The number of esters is 1. The van der Waals surface area contributed by atoms with Crippen LogP contribution in [0.1, 0.15) is 121 Å². The molecule has 0 bridgehead atoms. The molecule has 0 saturated carbocycles. The number of nitrogens with zero attached hydrogens (tertiary/aromatic N) is 4. The van der Waals surface area contributed by atoms with Gasteiger partial charge >= 0.3 is 5.97 Å². The largest absolute Gasteiger partial charge is 0.506 e. The highest BCUT2D eigenvalue weighted by Gasteiger charge is 2.53. The van der Waals surface area contributed by atoms with Crippen LogP contribution in [0.25, 0.3) is 10.9 Å². The maximum absolute atomic E-state index is 14.3. The van der Waals surface area contributed by atoms with Crippen molar-refractivity contribution in [3.63, 3.8) is 0 Å². The molecule has 0 unspecified atom stereocenters. The average molecular weight is 1280 g/mol. The van der Waals surface area contributed by atoms with Gasteiger partial charge in [0.15, 0.2) is 12.6 Å². The lowest BCUT2D eigenvalue weighted by Gasteiger charge is -2.49. The Balaban J connectivity index is 0.000000367. The van der Waals surface area contributed by atoms with Crippen LogP contribution in [-0.2, 0) is 52.3 Å². The first-order valence-corrected chi connectivity index (χ1v) is 32.2. The van der Waals surface area contributed by atoms with Gasteiger partial charge in [-0.2, -0.15) is 0 Å². The number of hydrogen-bond donors (Lipinski definition) is 6. The normalized spacial score (nSPS) is 34.5. The molecule has 5 heterocycles. The second-order valence-electron chi connectivity index (χ2n) is 25.4. The molecule has 18 atom stereocenters. The quantitative estimate of drug-likeness (QED) is 0.0253.